The van der Waals surface area contributed by atoms with E-state index in [9.17, 15) is 0 Å². The highest BCUT2D eigenvalue weighted by Gasteiger charge is 2.21. The lowest BCUT2D eigenvalue weighted by Crippen LogP contribution is -2.18. The number of thiophene rings is 1. The molecular formula is C15H20N2S. The van der Waals surface area contributed by atoms with E-state index < -0.39 is 0 Å². The number of nitrogens with two attached hydrogens (primary N) is 1. The van der Waals surface area contributed by atoms with Crippen LogP contribution < -0.4 is 5.73 Å². The average molecular weight is 260 g/mol. The molecule has 0 aliphatic heterocycles. The van der Waals surface area contributed by atoms with Crippen LogP contribution in [0.2, 0.25) is 0 Å². The summed E-state index contributed by atoms with van der Waals surface area (Å²) in [7, 11) is 0. The van der Waals surface area contributed by atoms with Crippen molar-refractivity contribution >= 4 is 11.3 Å². The highest BCUT2D eigenvalue weighted by atomic mass is 32.1. The van der Waals surface area contributed by atoms with Gasteiger partial charge >= 0.3 is 0 Å². The molecule has 96 valence electrons. The number of aryl methyl sites for hydroxylation is 2. The Morgan fingerprint density at radius 2 is 2.39 bits per heavy atom. The number of fused-ring (bicyclic) bond motifs is 1. The zero-order valence-corrected chi connectivity index (χ0v) is 11.7. The Hall–Kier alpha value is -1.06. The first-order valence-corrected chi connectivity index (χ1v) is 7.65. The molecule has 1 atom stereocenters. The molecule has 1 aliphatic carbocycles. The Morgan fingerprint density at radius 3 is 3.17 bits per heavy atom. The summed E-state index contributed by atoms with van der Waals surface area (Å²) in [5.74, 6) is 0. The summed E-state index contributed by atoms with van der Waals surface area (Å²) in [5, 5.41) is 4.40. The van der Waals surface area contributed by atoms with Gasteiger partial charge in [-0.3, -0.25) is 0 Å². The smallest absolute Gasteiger partial charge is 0.0313 e. The monoisotopic (exact) mass is 260 g/mol. The van der Waals surface area contributed by atoms with Gasteiger partial charge in [0.25, 0.3) is 0 Å². The number of aromatic nitrogens is 1. The largest absolute Gasteiger partial charge is 0.348 e. The van der Waals surface area contributed by atoms with Gasteiger partial charge in [0.15, 0.2) is 0 Å². The normalized spacial score (nSPS) is 18.9. The SMILES string of the molecule is Cc1cc2c(n1CCc1ccsc1)CCCC2N. The molecule has 0 saturated carbocycles. The lowest BCUT2D eigenvalue weighted by Gasteiger charge is -2.21. The third kappa shape index (κ3) is 2.13. The minimum atomic E-state index is 0.259. The van der Waals surface area contributed by atoms with Gasteiger partial charge in [-0.15, -0.1) is 0 Å². The minimum Gasteiger partial charge on any atom is -0.348 e. The lowest BCUT2D eigenvalue weighted by atomic mass is 9.93. The second-order valence-corrected chi connectivity index (χ2v) is 6.00. The van der Waals surface area contributed by atoms with Crippen molar-refractivity contribution in [2.24, 2.45) is 5.73 Å². The highest BCUT2D eigenvalue weighted by molar-refractivity contribution is 7.07. The van der Waals surface area contributed by atoms with Crippen molar-refractivity contribution in [2.75, 3.05) is 0 Å². The Labute approximate surface area is 112 Å². The summed E-state index contributed by atoms with van der Waals surface area (Å²) in [5.41, 5.74) is 11.9. The van der Waals surface area contributed by atoms with Crippen LogP contribution in [0.3, 0.4) is 0 Å². The molecule has 18 heavy (non-hydrogen) atoms. The van der Waals surface area contributed by atoms with Crippen LogP contribution in [0.4, 0.5) is 0 Å². The summed E-state index contributed by atoms with van der Waals surface area (Å²) in [6.45, 7) is 3.29. The summed E-state index contributed by atoms with van der Waals surface area (Å²) in [4.78, 5) is 0. The molecule has 1 unspecified atom stereocenters. The van der Waals surface area contributed by atoms with Gasteiger partial charge in [0.05, 0.1) is 0 Å². The summed E-state index contributed by atoms with van der Waals surface area (Å²) in [6, 6.07) is 4.78. The van der Waals surface area contributed by atoms with Crippen LogP contribution in [0.15, 0.2) is 22.9 Å². The number of hydrogen-bond donors (Lipinski definition) is 1. The number of rotatable bonds is 3. The van der Waals surface area contributed by atoms with Gasteiger partial charge in [0.1, 0.15) is 0 Å². The number of hydrogen-bond acceptors (Lipinski definition) is 2. The third-order valence-electron chi connectivity index (χ3n) is 3.98. The average Bonchev–Trinajstić information content (AvgIpc) is 2.95. The van der Waals surface area contributed by atoms with Gasteiger partial charge in [-0.25, -0.2) is 0 Å². The van der Waals surface area contributed by atoms with Crippen molar-refractivity contribution in [3.8, 4) is 0 Å². The van der Waals surface area contributed by atoms with Crippen molar-refractivity contribution < 1.29 is 0 Å². The fourth-order valence-corrected chi connectivity index (χ4v) is 3.69. The van der Waals surface area contributed by atoms with Gasteiger partial charge < -0.3 is 10.3 Å². The van der Waals surface area contributed by atoms with Crippen molar-refractivity contribution in [2.45, 2.75) is 45.2 Å². The highest BCUT2D eigenvalue weighted by Crippen LogP contribution is 2.30. The van der Waals surface area contributed by atoms with Crippen molar-refractivity contribution in [3.05, 3.63) is 45.4 Å². The Morgan fingerprint density at radius 1 is 1.50 bits per heavy atom. The van der Waals surface area contributed by atoms with Gasteiger partial charge in [-0.05, 0) is 66.6 Å². The Bertz CT molecular complexity index is 525. The second-order valence-electron chi connectivity index (χ2n) is 5.22. The predicted molar refractivity (Wildman–Crippen MR) is 77.1 cm³/mol. The molecule has 2 aromatic rings. The molecule has 2 N–H and O–H groups in total. The van der Waals surface area contributed by atoms with E-state index in [1.807, 2.05) is 0 Å². The van der Waals surface area contributed by atoms with Gasteiger partial charge in [0, 0.05) is 24.0 Å². The van der Waals surface area contributed by atoms with Gasteiger partial charge in [0.2, 0.25) is 0 Å². The zero-order valence-electron chi connectivity index (χ0n) is 10.9. The molecule has 2 aromatic heterocycles. The van der Waals surface area contributed by atoms with E-state index in [1.165, 1.54) is 35.4 Å². The molecule has 0 saturated heterocycles. The van der Waals surface area contributed by atoms with Crippen LogP contribution in [0.25, 0.3) is 0 Å². The topological polar surface area (TPSA) is 30.9 Å². The fourth-order valence-electron chi connectivity index (χ4n) is 2.99. The van der Waals surface area contributed by atoms with Crippen molar-refractivity contribution in [1.29, 1.82) is 0 Å². The molecule has 0 fully saturated rings. The van der Waals surface area contributed by atoms with E-state index in [-0.39, 0.29) is 6.04 Å². The van der Waals surface area contributed by atoms with E-state index in [1.54, 1.807) is 11.3 Å². The lowest BCUT2D eigenvalue weighted by molar-refractivity contribution is 0.536. The summed E-state index contributed by atoms with van der Waals surface area (Å²) >= 11 is 1.78. The zero-order chi connectivity index (χ0) is 12.5. The van der Waals surface area contributed by atoms with E-state index >= 15 is 0 Å². The third-order valence-corrected chi connectivity index (χ3v) is 4.71. The molecule has 0 bridgehead atoms. The molecule has 3 heteroatoms. The quantitative estimate of drug-likeness (QED) is 0.900. The molecule has 2 heterocycles. The molecule has 3 rings (SSSR count). The molecule has 0 radical (unpaired) electrons. The minimum absolute atomic E-state index is 0.259. The van der Waals surface area contributed by atoms with Gasteiger partial charge in [-0.2, -0.15) is 11.3 Å². The molecule has 0 amide bonds. The maximum Gasteiger partial charge on any atom is 0.0313 e. The second kappa shape index (κ2) is 4.90. The fraction of sp³-hybridized carbons (Fsp3) is 0.467. The molecule has 1 aliphatic rings. The molecular weight excluding hydrogens is 240 g/mol. The first-order chi connectivity index (χ1) is 8.75. The van der Waals surface area contributed by atoms with Crippen LogP contribution in [-0.2, 0) is 19.4 Å². The van der Waals surface area contributed by atoms with E-state index in [0.29, 0.717) is 0 Å². The van der Waals surface area contributed by atoms with Crippen LogP contribution >= 0.6 is 11.3 Å². The maximum absolute atomic E-state index is 6.21. The maximum atomic E-state index is 6.21. The Balaban J connectivity index is 1.83. The van der Waals surface area contributed by atoms with E-state index in [2.05, 4.69) is 34.4 Å². The van der Waals surface area contributed by atoms with Crippen molar-refractivity contribution in [3.63, 3.8) is 0 Å². The van der Waals surface area contributed by atoms with Crippen LogP contribution in [0.5, 0.6) is 0 Å². The summed E-state index contributed by atoms with van der Waals surface area (Å²) in [6.07, 6.45) is 4.69. The Kier molecular flexibility index (Phi) is 3.27. The standard InChI is InChI=1S/C15H20N2S/c1-11-9-13-14(16)3-2-4-15(13)17(11)7-5-12-6-8-18-10-12/h6,8-10,14H,2-5,7,16H2,1H3. The van der Waals surface area contributed by atoms with Gasteiger partial charge in [-0.1, -0.05) is 0 Å². The first-order valence-electron chi connectivity index (χ1n) is 6.71. The van der Waals surface area contributed by atoms with Crippen LogP contribution in [0.1, 0.15) is 41.4 Å². The summed E-state index contributed by atoms with van der Waals surface area (Å²) < 4.78 is 2.48. The predicted octanol–water partition coefficient (Wildman–Crippen LogP) is 3.44. The van der Waals surface area contributed by atoms with Crippen LogP contribution in [-0.4, -0.2) is 4.57 Å². The molecule has 2 nitrogen and oxygen atoms in total. The van der Waals surface area contributed by atoms with E-state index in [0.717, 1.165) is 19.4 Å². The molecule has 0 aromatic carbocycles. The van der Waals surface area contributed by atoms with Crippen LogP contribution in [0, 0.1) is 6.92 Å². The van der Waals surface area contributed by atoms with E-state index in [4.69, 9.17) is 5.73 Å². The molecule has 0 spiro atoms. The first kappa shape index (κ1) is 12.0. The number of nitrogens with zero attached hydrogens (tertiary/aromatic N) is 1. The van der Waals surface area contributed by atoms with Crippen molar-refractivity contribution in [1.82, 2.24) is 4.57 Å².